The molecule has 0 radical (unpaired) electrons. The van der Waals surface area contributed by atoms with Gasteiger partial charge in [-0.05, 0) is 68.0 Å². The Bertz CT molecular complexity index is 1260. The number of thioether (sulfide) groups is 1. The van der Waals surface area contributed by atoms with E-state index in [0.717, 1.165) is 30.8 Å². The van der Waals surface area contributed by atoms with E-state index in [1.807, 2.05) is 11.5 Å². The summed E-state index contributed by atoms with van der Waals surface area (Å²) in [5, 5.41) is 0.669. The van der Waals surface area contributed by atoms with Crippen LogP contribution < -0.4 is 0 Å². The van der Waals surface area contributed by atoms with Gasteiger partial charge in [-0.2, -0.15) is 4.31 Å². The number of imidazole rings is 1. The summed E-state index contributed by atoms with van der Waals surface area (Å²) in [5.41, 5.74) is 1.92. The molecule has 0 N–H and O–H groups in total. The van der Waals surface area contributed by atoms with Gasteiger partial charge in [-0.25, -0.2) is 22.2 Å². The van der Waals surface area contributed by atoms with Crippen molar-refractivity contribution in [2.24, 2.45) is 5.92 Å². The van der Waals surface area contributed by atoms with Crippen molar-refractivity contribution in [3.63, 3.8) is 0 Å². The molecule has 0 saturated carbocycles. The summed E-state index contributed by atoms with van der Waals surface area (Å²) < 4.78 is 62.9. The summed E-state index contributed by atoms with van der Waals surface area (Å²) in [5.74, 6) is -0.567. The molecule has 0 spiro atoms. The second-order valence-corrected chi connectivity index (χ2v) is 11.8. The molecule has 2 aromatic carbocycles. The van der Waals surface area contributed by atoms with Crippen LogP contribution in [0.3, 0.4) is 0 Å². The molecule has 0 aliphatic carbocycles. The Morgan fingerprint density at radius 3 is 2.66 bits per heavy atom. The Balaban J connectivity index is 1.63. The lowest BCUT2D eigenvalue weighted by atomic mass is 10.0. The van der Waals surface area contributed by atoms with Gasteiger partial charge in [0.05, 0.1) is 15.9 Å². The first kappa shape index (κ1) is 26.1. The zero-order valence-electron chi connectivity index (χ0n) is 20.0. The van der Waals surface area contributed by atoms with Crippen LogP contribution in [0.4, 0.5) is 8.78 Å². The maximum Gasteiger partial charge on any atom is 0.243 e. The predicted octanol–water partition coefficient (Wildman–Crippen LogP) is 5.45. The average Bonchev–Trinajstić information content (AvgIpc) is 3.16. The van der Waals surface area contributed by atoms with Gasteiger partial charge in [0, 0.05) is 44.7 Å². The van der Waals surface area contributed by atoms with E-state index in [0.29, 0.717) is 60.8 Å². The van der Waals surface area contributed by atoms with Crippen molar-refractivity contribution in [2.75, 3.05) is 26.3 Å². The maximum atomic E-state index is 13.6. The van der Waals surface area contributed by atoms with Crippen LogP contribution in [-0.2, 0) is 27.1 Å². The van der Waals surface area contributed by atoms with Gasteiger partial charge in [-0.15, -0.1) is 0 Å². The molecule has 1 saturated heterocycles. The lowest BCUT2D eigenvalue weighted by Gasteiger charge is -2.30. The monoisotopic (exact) mass is 523 g/mol. The smallest absolute Gasteiger partial charge is 0.243 e. The van der Waals surface area contributed by atoms with Crippen LogP contribution in [0, 0.1) is 17.6 Å². The van der Waals surface area contributed by atoms with Crippen LogP contribution in [0.25, 0.3) is 11.0 Å². The van der Waals surface area contributed by atoms with Gasteiger partial charge in [0.1, 0.15) is 11.6 Å². The SMILES string of the molecule is CCOCCCn1c(SCc2cc(F)cc(F)c2)nc2cc(S(=O)(=O)N3CCCC(C)C3)ccc21. The third-order valence-electron chi connectivity index (χ3n) is 6.11. The van der Waals surface area contributed by atoms with E-state index in [4.69, 9.17) is 9.72 Å². The summed E-state index contributed by atoms with van der Waals surface area (Å²) in [6, 6.07) is 8.55. The van der Waals surface area contributed by atoms with Gasteiger partial charge in [-0.3, -0.25) is 0 Å². The topological polar surface area (TPSA) is 64.4 Å². The number of aryl methyl sites for hydroxylation is 1. The number of fused-ring (bicyclic) bond motifs is 1. The van der Waals surface area contributed by atoms with Crippen molar-refractivity contribution in [3.8, 4) is 0 Å². The molecule has 3 aromatic rings. The van der Waals surface area contributed by atoms with E-state index in [9.17, 15) is 17.2 Å². The van der Waals surface area contributed by atoms with Gasteiger partial charge in [0.15, 0.2) is 5.16 Å². The van der Waals surface area contributed by atoms with E-state index in [1.165, 1.54) is 23.9 Å². The Morgan fingerprint density at radius 2 is 1.94 bits per heavy atom. The first-order chi connectivity index (χ1) is 16.8. The molecular formula is C25H31F2N3O3S2. The zero-order valence-corrected chi connectivity index (χ0v) is 21.7. The summed E-state index contributed by atoms with van der Waals surface area (Å²) in [6.07, 6.45) is 2.65. The van der Waals surface area contributed by atoms with E-state index in [1.54, 1.807) is 22.5 Å². The minimum absolute atomic E-state index is 0.238. The molecule has 1 fully saturated rings. The molecular weight excluding hydrogens is 492 g/mol. The van der Waals surface area contributed by atoms with Crippen molar-refractivity contribution in [1.29, 1.82) is 0 Å². The Kier molecular flexibility index (Phi) is 8.46. The lowest BCUT2D eigenvalue weighted by molar-refractivity contribution is 0.141. The number of hydrogen-bond donors (Lipinski definition) is 0. The number of piperidine rings is 1. The van der Waals surface area contributed by atoms with E-state index in [2.05, 4.69) is 6.92 Å². The first-order valence-electron chi connectivity index (χ1n) is 11.9. The van der Waals surface area contributed by atoms with Gasteiger partial charge >= 0.3 is 0 Å². The molecule has 6 nitrogen and oxygen atoms in total. The molecule has 2 heterocycles. The number of halogens is 2. The molecule has 1 aliphatic heterocycles. The van der Waals surface area contributed by atoms with Gasteiger partial charge < -0.3 is 9.30 Å². The number of nitrogens with zero attached hydrogens (tertiary/aromatic N) is 3. The number of hydrogen-bond acceptors (Lipinski definition) is 5. The van der Waals surface area contributed by atoms with E-state index in [-0.39, 0.29) is 4.90 Å². The van der Waals surface area contributed by atoms with Crippen LogP contribution in [0.5, 0.6) is 0 Å². The van der Waals surface area contributed by atoms with Gasteiger partial charge in [0.2, 0.25) is 10.0 Å². The minimum Gasteiger partial charge on any atom is -0.382 e. The van der Waals surface area contributed by atoms with Crippen LogP contribution in [0.1, 0.15) is 38.7 Å². The van der Waals surface area contributed by atoms with Gasteiger partial charge in [0.25, 0.3) is 0 Å². The fraction of sp³-hybridized carbons (Fsp3) is 0.480. The van der Waals surface area contributed by atoms with Crippen LogP contribution in [0.15, 0.2) is 46.5 Å². The highest BCUT2D eigenvalue weighted by molar-refractivity contribution is 7.98. The van der Waals surface area contributed by atoms with E-state index >= 15 is 0 Å². The molecule has 35 heavy (non-hydrogen) atoms. The van der Waals surface area contributed by atoms with Crippen molar-refractivity contribution < 1.29 is 21.9 Å². The molecule has 0 amide bonds. The maximum absolute atomic E-state index is 13.6. The Labute approximate surface area is 209 Å². The molecule has 190 valence electrons. The summed E-state index contributed by atoms with van der Waals surface area (Å²) in [4.78, 5) is 4.96. The Morgan fingerprint density at radius 1 is 1.17 bits per heavy atom. The standard InChI is InChI=1S/C25H31F2N3O3S2/c1-3-33-11-5-10-30-24-8-7-22(35(31,32)29-9-4-6-18(2)16-29)15-23(24)28-25(30)34-17-19-12-20(26)14-21(27)13-19/h7-8,12-15,18H,3-6,9-11,16-17H2,1-2H3. The molecule has 10 heteroatoms. The van der Waals surface area contributed by atoms with Crippen molar-refractivity contribution in [3.05, 3.63) is 53.6 Å². The number of ether oxygens (including phenoxy) is 1. The van der Waals surface area contributed by atoms with Gasteiger partial charge in [-0.1, -0.05) is 18.7 Å². The van der Waals surface area contributed by atoms with E-state index < -0.39 is 21.7 Å². The van der Waals surface area contributed by atoms with Crippen molar-refractivity contribution in [2.45, 2.75) is 55.5 Å². The Hall–Kier alpha value is -2.01. The highest BCUT2D eigenvalue weighted by atomic mass is 32.2. The third-order valence-corrected chi connectivity index (χ3v) is 9.02. The van der Waals surface area contributed by atoms with Crippen LogP contribution in [0.2, 0.25) is 0 Å². The summed E-state index contributed by atoms with van der Waals surface area (Å²) >= 11 is 1.37. The predicted molar refractivity (Wildman–Crippen MR) is 134 cm³/mol. The normalized spacial score (nSPS) is 17.3. The molecule has 0 bridgehead atoms. The molecule has 1 atom stereocenters. The highest BCUT2D eigenvalue weighted by Crippen LogP contribution is 2.31. The quantitative estimate of drug-likeness (QED) is 0.261. The number of sulfonamides is 1. The molecule has 1 aromatic heterocycles. The average molecular weight is 524 g/mol. The first-order valence-corrected chi connectivity index (χ1v) is 14.4. The number of rotatable bonds is 10. The highest BCUT2D eigenvalue weighted by Gasteiger charge is 2.29. The molecule has 1 unspecified atom stereocenters. The second kappa shape index (κ2) is 11.4. The zero-order chi connectivity index (χ0) is 25.0. The fourth-order valence-corrected chi connectivity index (χ4v) is 6.99. The number of benzene rings is 2. The number of aromatic nitrogens is 2. The minimum atomic E-state index is -3.61. The lowest BCUT2D eigenvalue weighted by Crippen LogP contribution is -2.39. The molecule has 1 aliphatic rings. The third kappa shape index (κ3) is 6.22. The van der Waals surface area contributed by atoms with Crippen LogP contribution >= 0.6 is 11.8 Å². The van der Waals surface area contributed by atoms with Crippen molar-refractivity contribution >= 4 is 32.8 Å². The van der Waals surface area contributed by atoms with Crippen molar-refractivity contribution in [1.82, 2.24) is 13.9 Å². The largest absolute Gasteiger partial charge is 0.382 e. The second-order valence-electron chi connectivity index (χ2n) is 8.92. The summed E-state index contributed by atoms with van der Waals surface area (Å²) in [7, 11) is -3.61. The fourth-order valence-electron chi connectivity index (χ4n) is 4.40. The summed E-state index contributed by atoms with van der Waals surface area (Å²) in [6.45, 7) is 6.92. The molecule has 4 rings (SSSR count). The van der Waals surface area contributed by atoms with Crippen LogP contribution in [-0.4, -0.2) is 48.6 Å².